The largest absolute Gasteiger partial charge is 0.480 e. The van der Waals surface area contributed by atoms with Crippen molar-refractivity contribution in [2.24, 2.45) is 5.41 Å². The smallest absolute Gasteiger partial charge is 0.399 e. The van der Waals surface area contributed by atoms with E-state index in [0.29, 0.717) is 11.3 Å². The van der Waals surface area contributed by atoms with Crippen LogP contribution in [0.2, 0.25) is 0 Å². The van der Waals surface area contributed by atoms with Crippen LogP contribution in [-0.2, 0) is 59.1 Å². The molecule has 1 aromatic heterocycles. The fraction of sp³-hybridized carbons (Fsp3) is 0.490. The molecule has 19 nitrogen and oxygen atoms in total. The molecule has 0 spiro atoms. The summed E-state index contributed by atoms with van der Waals surface area (Å²) in [5, 5.41) is 25.5. The molecule has 0 unspecified atom stereocenters. The van der Waals surface area contributed by atoms with Crippen molar-refractivity contribution in [2.75, 3.05) is 90.5 Å². The lowest BCUT2D eigenvalue weighted by molar-refractivity contribution is -0.169. The van der Waals surface area contributed by atoms with Crippen molar-refractivity contribution in [2.45, 2.75) is 58.3 Å². The number of aliphatic carboxylic acids is 2. The van der Waals surface area contributed by atoms with Gasteiger partial charge in [-0.15, -0.1) is 11.8 Å². The highest BCUT2D eigenvalue weighted by Gasteiger charge is 2.40. The Kier molecular flexibility index (Phi) is 24.0. The second-order valence-electron chi connectivity index (χ2n) is 17.5. The quantitative estimate of drug-likeness (QED) is 0.0247. The van der Waals surface area contributed by atoms with Crippen LogP contribution in [0.5, 0.6) is 0 Å². The molecule has 2 atom stereocenters. The van der Waals surface area contributed by atoms with Crippen LogP contribution in [0, 0.1) is 17.0 Å². The molecule has 0 saturated heterocycles. The summed E-state index contributed by atoms with van der Waals surface area (Å²) >= 11 is 0.908. The number of amides is 5. The molecule has 5 amide bonds. The number of hydrogen-bond acceptors (Lipinski definition) is 13. The third-order valence-corrected chi connectivity index (χ3v) is 11.8. The van der Waals surface area contributed by atoms with Crippen molar-refractivity contribution in [1.29, 1.82) is 0 Å². The van der Waals surface area contributed by atoms with Crippen LogP contribution in [0.4, 0.5) is 17.6 Å². The van der Waals surface area contributed by atoms with Gasteiger partial charge in [-0.25, -0.2) is 23.7 Å². The molecule has 24 heteroatoms. The van der Waals surface area contributed by atoms with Crippen molar-refractivity contribution in [3.8, 4) is 11.1 Å². The number of carboxylic acid groups (broad SMARTS) is 2. The second-order valence-corrected chi connectivity index (χ2v) is 18.6. The highest BCUT2D eigenvalue weighted by atomic mass is 32.2. The number of halogens is 4. The normalized spacial score (nSPS) is 13.5. The summed E-state index contributed by atoms with van der Waals surface area (Å²) in [4.78, 5) is 87.6. The average molecular weight is 1050 g/mol. The number of hydrogen-bond donors (Lipinski definition) is 5. The van der Waals surface area contributed by atoms with E-state index in [2.05, 4.69) is 10.6 Å². The Bertz CT molecular complexity index is 2350. The van der Waals surface area contributed by atoms with Crippen molar-refractivity contribution in [3.05, 3.63) is 95.8 Å². The van der Waals surface area contributed by atoms with Crippen molar-refractivity contribution in [3.63, 3.8) is 0 Å². The molecule has 1 aliphatic heterocycles. The van der Waals surface area contributed by atoms with Crippen LogP contribution in [0.3, 0.4) is 0 Å². The Morgan fingerprint density at radius 2 is 1.41 bits per heavy atom. The predicted molar refractivity (Wildman–Crippen MR) is 258 cm³/mol. The van der Waals surface area contributed by atoms with Crippen LogP contribution >= 0.6 is 11.8 Å². The van der Waals surface area contributed by atoms with Gasteiger partial charge in [0, 0.05) is 73.5 Å². The Morgan fingerprint density at radius 1 is 0.795 bits per heavy atom. The molecule has 0 saturated carbocycles. The van der Waals surface area contributed by atoms with E-state index in [1.165, 1.54) is 4.90 Å². The topological polar surface area (TPSA) is 244 Å². The molecule has 5 N–H and O–H groups in total. The number of imide groups is 1. The Morgan fingerprint density at radius 3 is 2.01 bits per heavy atom. The maximum Gasteiger partial charge on any atom is 0.399 e. The van der Waals surface area contributed by atoms with Gasteiger partial charge in [-0.3, -0.25) is 28.9 Å². The van der Waals surface area contributed by atoms with Gasteiger partial charge in [0.05, 0.1) is 64.6 Å². The van der Waals surface area contributed by atoms with Gasteiger partial charge in [0.15, 0.2) is 0 Å². The molecular formula is C49H62F4N6O13S. The number of alkyl halides is 2. The molecule has 3 aromatic rings. The van der Waals surface area contributed by atoms with Gasteiger partial charge in [0.25, 0.3) is 11.8 Å². The standard InChI is InChI=1S/C49H62F4N6O13S/c1-48(2,3)45(39-26-34(36-27-35(50)10-11-37(36)51)29-57(39)28-33-8-5-4-6-9-33)58(17-7-15-55-49(52,53)47(67)68)44(64)32-73-31-38(46(65)66)56-40(60)14-18-69-20-22-71-24-25-72-23-21-70-19-16-54-41(61)30-59-42(62)12-13-43(59)63/h4-6,8-13,26-27,29,38,45,55H,7,14-25,28,30-32H2,1-3H3,(H,54,61)(H,56,60)(H,65,66)(H,67,68)/t38-,45-/m0/s1. The molecule has 0 radical (unpaired) electrons. The zero-order valence-corrected chi connectivity index (χ0v) is 41.6. The molecule has 4 rings (SSSR count). The van der Waals surface area contributed by atoms with Crippen molar-refractivity contribution < 1.29 is 80.3 Å². The molecule has 0 bridgehead atoms. The van der Waals surface area contributed by atoms with Gasteiger partial charge in [0.1, 0.15) is 24.2 Å². The highest BCUT2D eigenvalue weighted by molar-refractivity contribution is 8.00. The summed E-state index contributed by atoms with van der Waals surface area (Å²) in [6.45, 7) is 6.26. The van der Waals surface area contributed by atoms with E-state index >= 15 is 4.39 Å². The summed E-state index contributed by atoms with van der Waals surface area (Å²) in [7, 11) is 0. The Labute approximate surface area is 423 Å². The first kappa shape index (κ1) is 59.4. The first-order valence-corrected chi connectivity index (χ1v) is 24.4. The Balaban J connectivity index is 1.26. The number of carbonyl (C=O) groups is 7. The fourth-order valence-corrected chi connectivity index (χ4v) is 8.26. The summed E-state index contributed by atoms with van der Waals surface area (Å²) in [6, 6.07) is 7.35. The lowest BCUT2D eigenvalue weighted by Gasteiger charge is -2.41. The third-order valence-electron chi connectivity index (χ3n) is 10.8. The minimum absolute atomic E-state index is 0.0377. The van der Waals surface area contributed by atoms with Gasteiger partial charge in [-0.1, -0.05) is 51.1 Å². The zero-order chi connectivity index (χ0) is 53.6. The number of nitrogens with zero attached hydrogens (tertiary/aromatic N) is 3. The molecule has 400 valence electrons. The van der Waals surface area contributed by atoms with Gasteiger partial charge >= 0.3 is 18.0 Å². The van der Waals surface area contributed by atoms with Crippen LogP contribution in [0.25, 0.3) is 11.1 Å². The van der Waals surface area contributed by atoms with E-state index in [-0.39, 0.29) is 109 Å². The van der Waals surface area contributed by atoms with E-state index in [4.69, 9.17) is 24.1 Å². The number of ether oxygens (including phenoxy) is 4. The maximum absolute atomic E-state index is 15.2. The molecule has 2 heterocycles. The van der Waals surface area contributed by atoms with E-state index in [1.54, 1.807) is 22.1 Å². The van der Waals surface area contributed by atoms with Crippen LogP contribution in [-0.4, -0.2) is 169 Å². The van der Waals surface area contributed by atoms with E-state index in [0.717, 1.165) is 52.6 Å². The molecule has 1 aliphatic rings. The summed E-state index contributed by atoms with van der Waals surface area (Å²) in [6.07, 6.45) is 3.49. The molecule has 0 fully saturated rings. The van der Waals surface area contributed by atoms with Gasteiger partial charge < -0.3 is 49.3 Å². The van der Waals surface area contributed by atoms with Crippen LogP contribution in [0.15, 0.2) is 72.9 Å². The number of rotatable bonds is 34. The number of benzene rings is 2. The number of carbonyl (C=O) groups excluding carboxylic acids is 5. The second kappa shape index (κ2) is 29.5. The lowest BCUT2D eigenvalue weighted by atomic mass is 9.83. The fourth-order valence-electron chi connectivity index (χ4n) is 7.34. The van der Waals surface area contributed by atoms with E-state index < -0.39 is 83.2 Å². The van der Waals surface area contributed by atoms with Gasteiger partial charge in [-0.2, -0.15) is 8.78 Å². The molecular weight excluding hydrogens is 989 g/mol. The lowest BCUT2D eigenvalue weighted by Crippen LogP contribution is -2.47. The van der Waals surface area contributed by atoms with Crippen LogP contribution < -0.4 is 16.0 Å². The summed E-state index contributed by atoms with van der Waals surface area (Å²) in [5.74, 6) is -8.45. The molecule has 73 heavy (non-hydrogen) atoms. The molecule has 2 aromatic carbocycles. The average Bonchev–Trinajstić information content (AvgIpc) is 3.88. The third kappa shape index (κ3) is 20.0. The Hall–Kier alpha value is -6.18. The zero-order valence-electron chi connectivity index (χ0n) is 40.8. The first-order chi connectivity index (χ1) is 34.7. The number of aromatic nitrogens is 1. The monoisotopic (exact) mass is 1050 g/mol. The number of thioether (sulfide) groups is 1. The van der Waals surface area contributed by atoms with E-state index in [9.17, 15) is 51.8 Å². The number of nitrogens with one attached hydrogen (secondary N) is 3. The summed E-state index contributed by atoms with van der Waals surface area (Å²) < 4.78 is 81.2. The maximum atomic E-state index is 15.2. The highest BCUT2D eigenvalue weighted by Crippen LogP contribution is 2.41. The van der Waals surface area contributed by atoms with E-state index in [1.807, 2.05) is 51.1 Å². The van der Waals surface area contributed by atoms with Crippen molar-refractivity contribution >= 4 is 53.2 Å². The first-order valence-electron chi connectivity index (χ1n) is 23.2. The SMILES string of the molecule is CC(C)(C)[C@H](c1cc(-c2cc(F)ccc2F)cn1Cc1ccccc1)N(CCCNC(F)(F)C(=O)O)C(=O)CSC[C@H](NC(=O)CCOCCOCCOCCOCCNC(=O)CN1C(=O)C=CC1=O)C(=O)O. The van der Waals surface area contributed by atoms with Crippen LogP contribution in [0.1, 0.15) is 50.9 Å². The summed E-state index contributed by atoms with van der Waals surface area (Å²) in [5.41, 5.74) is 0.776. The predicted octanol–water partition coefficient (Wildman–Crippen LogP) is 3.85. The minimum atomic E-state index is -4.25. The van der Waals surface area contributed by atoms with Gasteiger partial charge in [0.2, 0.25) is 17.7 Å². The molecule has 0 aliphatic carbocycles. The minimum Gasteiger partial charge on any atom is -0.480 e. The van der Waals surface area contributed by atoms with Crippen molar-refractivity contribution in [1.82, 2.24) is 30.3 Å². The number of carboxylic acids is 2. The van der Waals surface area contributed by atoms with Gasteiger partial charge in [-0.05, 0) is 41.7 Å².